The van der Waals surface area contributed by atoms with E-state index >= 15 is 0 Å². The van der Waals surface area contributed by atoms with Gasteiger partial charge in [0.15, 0.2) is 0 Å². The van der Waals surface area contributed by atoms with Crippen molar-refractivity contribution in [2.24, 2.45) is 0 Å². The van der Waals surface area contributed by atoms with E-state index in [4.69, 9.17) is 0 Å². The van der Waals surface area contributed by atoms with Gasteiger partial charge >= 0.3 is 11.9 Å². The van der Waals surface area contributed by atoms with Crippen LogP contribution >= 0.6 is 0 Å². The molecule has 0 aliphatic carbocycles. The topological polar surface area (TPSA) is 64.6 Å². The number of ether oxygens (including phenoxy) is 2. The minimum Gasteiger partial charge on any atom is -0.468 e. The van der Waals surface area contributed by atoms with Crippen molar-refractivity contribution in [1.82, 2.24) is 5.32 Å². The fraction of sp³-hybridized carbons (Fsp3) is 0.600. The minimum atomic E-state index is -0.392. The number of hydrogen-bond acceptors (Lipinski definition) is 5. The largest absolute Gasteiger partial charge is 0.468 e. The number of methoxy groups -OCH3 is 2. The lowest BCUT2D eigenvalue weighted by molar-refractivity contribution is -0.142. The molecule has 5 heteroatoms. The minimum absolute atomic E-state index is 0.334. The molecule has 86 valence electrons. The molecular weight excluding hydrogens is 198 g/mol. The fourth-order valence-corrected chi connectivity index (χ4v) is 0.893. The summed E-state index contributed by atoms with van der Waals surface area (Å²) in [5.74, 6) is -0.707. The summed E-state index contributed by atoms with van der Waals surface area (Å²) >= 11 is 0. The molecule has 0 saturated carbocycles. The molecule has 0 aromatic rings. The van der Waals surface area contributed by atoms with Crippen LogP contribution in [0.4, 0.5) is 0 Å². The molecule has 0 aliphatic rings. The number of hydrogen-bond donors (Lipinski definition) is 1. The Morgan fingerprint density at radius 1 is 1.33 bits per heavy atom. The molecule has 5 nitrogen and oxygen atoms in total. The van der Waals surface area contributed by atoms with Gasteiger partial charge in [-0.25, -0.2) is 4.79 Å². The highest BCUT2D eigenvalue weighted by molar-refractivity contribution is 5.87. The predicted molar refractivity (Wildman–Crippen MR) is 55.3 cm³/mol. The summed E-state index contributed by atoms with van der Waals surface area (Å²) in [6.45, 7) is 3.75. The Hall–Kier alpha value is -1.36. The highest BCUT2D eigenvalue weighted by Gasteiger charge is 2.10. The summed E-state index contributed by atoms with van der Waals surface area (Å²) in [5.41, 5.74) is 0.502. The van der Waals surface area contributed by atoms with Crippen LogP contribution in [-0.2, 0) is 19.1 Å². The van der Waals surface area contributed by atoms with E-state index in [1.165, 1.54) is 14.2 Å². The molecular formula is C10H17NO4. The summed E-state index contributed by atoms with van der Waals surface area (Å²) in [6, 6.07) is -0.392. The third-order valence-electron chi connectivity index (χ3n) is 1.89. The lowest BCUT2D eigenvalue weighted by Gasteiger charge is -2.09. The van der Waals surface area contributed by atoms with Crippen LogP contribution in [0.15, 0.2) is 11.6 Å². The van der Waals surface area contributed by atoms with Gasteiger partial charge in [0.05, 0.1) is 14.2 Å². The lowest BCUT2D eigenvalue weighted by atomic mass is 10.2. The molecule has 0 saturated heterocycles. The molecule has 0 bridgehead atoms. The van der Waals surface area contributed by atoms with E-state index in [1.54, 1.807) is 19.9 Å². The van der Waals surface area contributed by atoms with Crippen molar-refractivity contribution in [3.8, 4) is 0 Å². The van der Waals surface area contributed by atoms with Crippen LogP contribution < -0.4 is 5.32 Å². The number of rotatable bonds is 5. The Balaban J connectivity index is 3.97. The molecule has 0 heterocycles. The third kappa shape index (κ3) is 5.17. The standard InChI is InChI=1S/C10H17NO4/c1-7(9(12)14-3)5-6-11-8(2)10(13)15-4/h5,8,11H,6H2,1-4H3/b7-5-. The molecule has 0 amide bonds. The van der Waals surface area contributed by atoms with E-state index in [1.807, 2.05) is 0 Å². The van der Waals surface area contributed by atoms with E-state index in [0.717, 1.165) is 0 Å². The molecule has 15 heavy (non-hydrogen) atoms. The molecule has 0 aliphatic heterocycles. The quantitative estimate of drug-likeness (QED) is 0.526. The van der Waals surface area contributed by atoms with Gasteiger partial charge in [0.2, 0.25) is 0 Å². The van der Waals surface area contributed by atoms with E-state index in [0.29, 0.717) is 12.1 Å². The second-order valence-electron chi connectivity index (χ2n) is 3.03. The van der Waals surface area contributed by atoms with Crippen molar-refractivity contribution in [2.75, 3.05) is 20.8 Å². The molecule has 0 aromatic heterocycles. The first-order chi connectivity index (χ1) is 7.02. The number of esters is 2. The Kier molecular flexibility index (Phi) is 6.37. The number of nitrogens with one attached hydrogen (secondary N) is 1. The molecule has 0 aromatic carbocycles. The molecule has 0 fully saturated rings. The van der Waals surface area contributed by atoms with Gasteiger partial charge in [-0.05, 0) is 13.8 Å². The maximum Gasteiger partial charge on any atom is 0.333 e. The Bertz CT molecular complexity index is 260. The van der Waals surface area contributed by atoms with E-state index in [-0.39, 0.29) is 11.9 Å². The fourth-order valence-electron chi connectivity index (χ4n) is 0.893. The van der Waals surface area contributed by atoms with E-state index < -0.39 is 6.04 Å². The third-order valence-corrected chi connectivity index (χ3v) is 1.89. The van der Waals surface area contributed by atoms with E-state index in [2.05, 4.69) is 14.8 Å². The zero-order valence-corrected chi connectivity index (χ0v) is 9.49. The second-order valence-corrected chi connectivity index (χ2v) is 3.03. The van der Waals surface area contributed by atoms with Crippen molar-refractivity contribution in [3.05, 3.63) is 11.6 Å². The monoisotopic (exact) mass is 215 g/mol. The van der Waals surface area contributed by atoms with Crippen LogP contribution in [0, 0.1) is 0 Å². The summed E-state index contributed by atoms with van der Waals surface area (Å²) in [5, 5.41) is 2.88. The van der Waals surface area contributed by atoms with Crippen LogP contribution in [0.1, 0.15) is 13.8 Å². The van der Waals surface area contributed by atoms with Crippen molar-refractivity contribution in [3.63, 3.8) is 0 Å². The highest BCUT2D eigenvalue weighted by Crippen LogP contribution is 1.94. The smallest absolute Gasteiger partial charge is 0.333 e. The van der Waals surface area contributed by atoms with Gasteiger partial charge in [0, 0.05) is 12.1 Å². The average Bonchev–Trinajstić information content (AvgIpc) is 2.26. The van der Waals surface area contributed by atoms with Gasteiger partial charge in [-0.15, -0.1) is 0 Å². The zero-order valence-electron chi connectivity index (χ0n) is 9.49. The summed E-state index contributed by atoms with van der Waals surface area (Å²) < 4.78 is 9.04. The first-order valence-electron chi connectivity index (χ1n) is 4.59. The maximum absolute atomic E-state index is 11.0. The Labute approximate surface area is 89.4 Å². The lowest BCUT2D eigenvalue weighted by Crippen LogP contribution is -2.35. The SMILES string of the molecule is COC(=O)/C(C)=C\CNC(C)C(=O)OC. The van der Waals surface area contributed by atoms with Crippen LogP contribution in [-0.4, -0.2) is 38.7 Å². The first kappa shape index (κ1) is 13.6. The molecule has 0 rings (SSSR count). The van der Waals surface area contributed by atoms with Gasteiger partial charge in [-0.1, -0.05) is 6.08 Å². The summed E-state index contributed by atoms with van der Waals surface area (Å²) in [4.78, 5) is 21.9. The average molecular weight is 215 g/mol. The van der Waals surface area contributed by atoms with Crippen molar-refractivity contribution in [1.29, 1.82) is 0 Å². The van der Waals surface area contributed by atoms with Crippen LogP contribution in [0.25, 0.3) is 0 Å². The van der Waals surface area contributed by atoms with Gasteiger partial charge < -0.3 is 14.8 Å². The Morgan fingerprint density at radius 3 is 2.40 bits per heavy atom. The molecule has 1 atom stereocenters. The molecule has 0 radical (unpaired) electrons. The van der Waals surface area contributed by atoms with Crippen molar-refractivity contribution >= 4 is 11.9 Å². The molecule has 1 unspecified atom stereocenters. The van der Waals surface area contributed by atoms with E-state index in [9.17, 15) is 9.59 Å². The zero-order chi connectivity index (χ0) is 11.8. The molecule has 1 N–H and O–H groups in total. The Morgan fingerprint density at radius 2 is 1.93 bits per heavy atom. The van der Waals surface area contributed by atoms with Gasteiger partial charge in [0.25, 0.3) is 0 Å². The second kappa shape index (κ2) is 7.00. The summed E-state index contributed by atoms with van der Waals surface area (Å²) in [7, 11) is 2.65. The first-order valence-corrected chi connectivity index (χ1v) is 4.59. The highest BCUT2D eigenvalue weighted by atomic mass is 16.5. The predicted octanol–water partition coefficient (Wildman–Crippen LogP) is 0.257. The van der Waals surface area contributed by atoms with Crippen LogP contribution in [0.2, 0.25) is 0 Å². The van der Waals surface area contributed by atoms with Crippen LogP contribution in [0.5, 0.6) is 0 Å². The van der Waals surface area contributed by atoms with Gasteiger partial charge in [-0.3, -0.25) is 4.79 Å². The van der Waals surface area contributed by atoms with Crippen molar-refractivity contribution < 1.29 is 19.1 Å². The van der Waals surface area contributed by atoms with Gasteiger partial charge in [-0.2, -0.15) is 0 Å². The van der Waals surface area contributed by atoms with Crippen molar-refractivity contribution in [2.45, 2.75) is 19.9 Å². The summed E-state index contributed by atoms with van der Waals surface area (Å²) in [6.07, 6.45) is 1.66. The van der Waals surface area contributed by atoms with Gasteiger partial charge in [0.1, 0.15) is 6.04 Å². The normalized spacial score (nSPS) is 13.2. The number of carbonyl (C=O) groups excluding carboxylic acids is 2. The molecule has 0 spiro atoms. The number of carbonyl (C=O) groups is 2. The maximum atomic E-state index is 11.0. The van der Waals surface area contributed by atoms with Crippen LogP contribution in [0.3, 0.4) is 0 Å².